The second-order valence-electron chi connectivity index (χ2n) is 4.65. The van der Waals surface area contributed by atoms with Crippen LogP contribution in [0.15, 0.2) is 42.9 Å². The van der Waals surface area contributed by atoms with Gasteiger partial charge in [0.1, 0.15) is 0 Å². The molecule has 1 N–H and O–H groups in total. The third-order valence-electron chi connectivity index (χ3n) is 2.75. The molecule has 1 amide bonds. The van der Waals surface area contributed by atoms with E-state index in [0.29, 0.717) is 10.6 Å². The van der Waals surface area contributed by atoms with Crippen LogP contribution in [0.25, 0.3) is 0 Å². The molecule has 98 valence electrons. The highest BCUT2D eigenvalue weighted by Gasteiger charge is 2.25. The van der Waals surface area contributed by atoms with Crippen LogP contribution < -0.4 is 5.32 Å². The maximum Gasteiger partial charge on any atom is 0.253 e. The van der Waals surface area contributed by atoms with Crippen LogP contribution in [0.4, 0.5) is 0 Å². The number of carbonyl (C=O) groups excluding carboxylic acids is 1. The van der Waals surface area contributed by atoms with E-state index in [9.17, 15) is 4.79 Å². The van der Waals surface area contributed by atoms with E-state index in [1.165, 1.54) is 12.4 Å². The van der Waals surface area contributed by atoms with Gasteiger partial charge in [0, 0.05) is 18.6 Å². The van der Waals surface area contributed by atoms with Crippen LogP contribution in [0.5, 0.6) is 0 Å². The van der Waals surface area contributed by atoms with Gasteiger partial charge in [-0.05, 0) is 32.0 Å². The van der Waals surface area contributed by atoms with Gasteiger partial charge in [0.25, 0.3) is 5.91 Å². The van der Waals surface area contributed by atoms with Crippen molar-refractivity contribution in [1.82, 2.24) is 15.3 Å². The maximum absolute atomic E-state index is 12.2. The Kier molecular flexibility index (Phi) is 3.81. The summed E-state index contributed by atoms with van der Waals surface area (Å²) in [6.07, 6.45) is 4.68. The van der Waals surface area contributed by atoms with E-state index in [0.717, 1.165) is 5.69 Å². The molecule has 0 aliphatic carbocycles. The molecule has 2 aromatic rings. The van der Waals surface area contributed by atoms with Gasteiger partial charge < -0.3 is 5.32 Å². The number of halogens is 1. The quantitative estimate of drug-likeness (QED) is 0.937. The van der Waals surface area contributed by atoms with Crippen molar-refractivity contribution < 1.29 is 4.79 Å². The molecule has 0 aliphatic heterocycles. The maximum atomic E-state index is 12.2. The second-order valence-corrected chi connectivity index (χ2v) is 5.06. The van der Waals surface area contributed by atoms with Crippen molar-refractivity contribution in [3.63, 3.8) is 0 Å². The predicted molar refractivity (Wildman–Crippen MR) is 74.0 cm³/mol. The van der Waals surface area contributed by atoms with E-state index >= 15 is 0 Å². The molecule has 2 rings (SSSR count). The summed E-state index contributed by atoms with van der Waals surface area (Å²) in [7, 11) is 0. The SMILES string of the molecule is CC(C)(NC(=O)c1ccncc1Cl)c1ccccn1. The zero-order valence-corrected chi connectivity index (χ0v) is 11.5. The highest BCUT2D eigenvalue weighted by molar-refractivity contribution is 6.33. The van der Waals surface area contributed by atoms with Gasteiger partial charge in [-0.3, -0.25) is 14.8 Å². The molecule has 0 fully saturated rings. The molecule has 19 heavy (non-hydrogen) atoms. The molecular formula is C14H14ClN3O. The van der Waals surface area contributed by atoms with Crippen molar-refractivity contribution in [3.05, 3.63) is 59.1 Å². The van der Waals surface area contributed by atoms with Gasteiger partial charge in [0.2, 0.25) is 0 Å². The van der Waals surface area contributed by atoms with Crippen LogP contribution in [-0.4, -0.2) is 15.9 Å². The van der Waals surface area contributed by atoms with Crippen molar-refractivity contribution in [2.45, 2.75) is 19.4 Å². The van der Waals surface area contributed by atoms with E-state index in [4.69, 9.17) is 11.6 Å². The van der Waals surface area contributed by atoms with E-state index in [2.05, 4.69) is 15.3 Å². The summed E-state index contributed by atoms with van der Waals surface area (Å²) in [6, 6.07) is 7.18. The first-order valence-electron chi connectivity index (χ1n) is 5.84. The largest absolute Gasteiger partial charge is 0.341 e. The second kappa shape index (κ2) is 5.36. The predicted octanol–water partition coefficient (Wildman–Crippen LogP) is 2.80. The minimum absolute atomic E-state index is 0.247. The normalized spacial score (nSPS) is 11.1. The molecule has 0 unspecified atom stereocenters. The van der Waals surface area contributed by atoms with Crippen LogP contribution >= 0.6 is 11.6 Å². The lowest BCUT2D eigenvalue weighted by Gasteiger charge is -2.25. The van der Waals surface area contributed by atoms with Gasteiger partial charge >= 0.3 is 0 Å². The fourth-order valence-corrected chi connectivity index (χ4v) is 1.91. The molecule has 0 atom stereocenters. The number of aromatic nitrogens is 2. The van der Waals surface area contributed by atoms with Crippen molar-refractivity contribution in [2.75, 3.05) is 0 Å². The van der Waals surface area contributed by atoms with Crippen molar-refractivity contribution in [1.29, 1.82) is 0 Å². The van der Waals surface area contributed by atoms with E-state index in [1.54, 1.807) is 12.3 Å². The summed E-state index contributed by atoms with van der Waals surface area (Å²) in [5.74, 6) is -0.247. The molecule has 2 heterocycles. The molecule has 4 nitrogen and oxygen atoms in total. The molecule has 0 saturated heterocycles. The van der Waals surface area contributed by atoms with Crippen molar-refractivity contribution in [2.24, 2.45) is 0 Å². The fourth-order valence-electron chi connectivity index (χ4n) is 1.71. The zero-order valence-electron chi connectivity index (χ0n) is 10.7. The van der Waals surface area contributed by atoms with Crippen LogP contribution in [0.2, 0.25) is 5.02 Å². The Labute approximate surface area is 116 Å². The fraction of sp³-hybridized carbons (Fsp3) is 0.214. The molecule has 0 aliphatic rings. The zero-order chi connectivity index (χ0) is 13.9. The Morgan fingerprint density at radius 1 is 1.26 bits per heavy atom. The Morgan fingerprint density at radius 2 is 2.05 bits per heavy atom. The van der Waals surface area contributed by atoms with Gasteiger partial charge in [0.15, 0.2) is 0 Å². The van der Waals surface area contributed by atoms with Crippen molar-refractivity contribution in [3.8, 4) is 0 Å². The average molecular weight is 276 g/mol. The van der Waals surface area contributed by atoms with Gasteiger partial charge in [-0.2, -0.15) is 0 Å². The Balaban J connectivity index is 2.22. The van der Waals surface area contributed by atoms with Gasteiger partial charge in [0.05, 0.1) is 21.8 Å². The molecule has 2 aromatic heterocycles. The smallest absolute Gasteiger partial charge is 0.253 e. The first-order valence-corrected chi connectivity index (χ1v) is 6.22. The topological polar surface area (TPSA) is 54.9 Å². The molecular weight excluding hydrogens is 262 g/mol. The number of hydrogen-bond acceptors (Lipinski definition) is 3. The number of hydrogen-bond donors (Lipinski definition) is 1. The molecule has 0 spiro atoms. The lowest BCUT2D eigenvalue weighted by Crippen LogP contribution is -2.41. The first kappa shape index (κ1) is 13.5. The summed E-state index contributed by atoms with van der Waals surface area (Å²) < 4.78 is 0. The number of amides is 1. The number of nitrogens with one attached hydrogen (secondary N) is 1. The van der Waals surface area contributed by atoms with Crippen LogP contribution in [0, 0.1) is 0 Å². The highest BCUT2D eigenvalue weighted by Crippen LogP contribution is 2.20. The monoisotopic (exact) mass is 275 g/mol. The Morgan fingerprint density at radius 3 is 2.68 bits per heavy atom. The van der Waals surface area contributed by atoms with Crippen LogP contribution in [-0.2, 0) is 5.54 Å². The summed E-state index contributed by atoms with van der Waals surface area (Å²) in [6.45, 7) is 3.78. The molecule has 5 heteroatoms. The summed E-state index contributed by atoms with van der Waals surface area (Å²) in [5, 5.41) is 3.25. The van der Waals surface area contributed by atoms with Crippen LogP contribution in [0.3, 0.4) is 0 Å². The number of nitrogens with zero attached hydrogens (tertiary/aromatic N) is 2. The summed E-state index contributed by atoms with van der Waals surface area (Å²) in [5.41, 5.74) is 0.611. The standard InChI is InChI=1S/C14H14ClN3O/c1-14(2,12-5-3-4-7-17-12)18-13(19)10-6-8-16-9-11(10)15/h3-9H,1-2H3,(H,18,19). The van der Waals surface area contributed by atoms with Crippen molar-refractivity contribution >= 4 is 17.5 Å². The number of rotatable bonds is 3. The van der Waals surface area contributed by atoms with Gasteiger partial charge in [-0.25, -0.2) is 0 Å². The number of carbonyl (C=O) groups is 1. The first-order chi connectivity index (χ1) is 9.00. The van der Waals surface area contributed by atoms with Gasteiger partial charge in [-0.15, -0.1) is 0 Å². The molecule has 0 bridgehead atoms. The summed E-state index contributed by atoms with van der Waals surface area (Å²) in [4.78, 5) is 20.3. The van der Waals surface area contributed by atoms with E-state index in [1.807, 2.05) is 32.0 Å². The lowest BCUT2D eigenvalue weighted by molar-refractivity contribution is 0.0910. The molecule has 0 radical (unpaired) electrons. The lowest BCUT2D eigenvalue weighted by atomic mass is 9.99. The number of pyridine rings is 2. The third-order valence-corrected chi connectivity index (χ3v) is 3.05. The van der Waals surface area contributed by atoms with Gasteiger partial charge in [-0.1, -0.05) is 17.7 Å². The summed E-state index contributed by atoms with van der Waals surface area (Å²) >= 11 is 5.96. The highest BCUT2D eigenvalue weighted by atomic mass is 35.5. The average Bonchev–Trinajstić information content (AvgIpc) is 2.39. The van der Waals surface area contributed by atoms with E-state index in [-0.39, 0.29) is 5.91 Å². The minimum atomic E-state index is -0.578. The molecule has 0 saturated carbocycles. The minimum Gasteiger partial charge on any atom is -0.341 e. The van der Waals surface area contributed by atoms with E-state index < -0.39 is 5.54 Å². The molecule has 0 aromatic carbocycles. The van der Waals surface area contributed by atoms with Crippen LogP contribution in [0.1, 0.15) is 29.9 Å². The third kappa shape index (κ3) is 3.09. The Bertz CT molecular complexity index is 584. The Hall–Kier alpha value is -1.94.